The van der Waals surface area contributed by atoms with Crippen molar-refractivity contribution in [3.05, 3.63) is 60.0 Å². The summed E-state index contributed by atoms with van der Waals surface area (Å²) in [6.07, 6.45) is 9.36. The van der Waals surface area contributed by atoms with Gasteiger partial charge in [-0.15, -0.1) is 0 Å². The van der Waals surface area contributed by atoms with Gasteiger partial charge in [-0.1, -0.05) is 38.8 Å². The molecule has 0 aromatic carbocycles. The molecular formula is C40H48Br2N8O13. The van der Waals surface area contributed by atoms with Crippen molar-refractivity contribution in [1.82, 2.24) is 39.5 Å². The maximum Gasteiger partial charge on any atom is 0.253 e. The zero-order chi connectivity index (χ0) is 46.6. The molecule has 1 aromatic rings. The van der Waals surface area contributed by atoms with Crippen LogP contribution >= 0.6 is 31.9 Å². The Morgan fingerprint density at radius 3 is 1.33 bits per heavy atom. The van der Waals surface area contributed by atoms with Crippen molar-refractivity contribution in [3.8, 4) is 0 Å². The Labute approximate surface area is 379 Å². The molecule has 0 saturated heterocycles. The fourth-order valence-corrected chi connectivity index (χ4v) is 6.56. The van der Waals surface area contributed by atoms with Crippen LogP contribution in [0.2, 0.25) is 0 Å². The molecule has 0 bridgehead atoms. The van der Waals surface area contributed by atoms with E-state index in [1.807, 2.05) is 0 Å². The molecule has 9 amide bonds. The minimum Gasteiger partial charge on any atom is -0.379 e. The summed E-state index contributed by atoms with van der Waals surface area (Å²) in [5.41, 5.74) is 1.98. The standard InChI is InChI=1S/C17H19N3O6.C14H14N2O6.C9H15Br2N3O/c1-12(21)2-3-13(22)18(8-10-19-14(23)4-5-15(19)24)9-11-20-16(25)6-7-17(20)26;1-9(17)8-22-10(6-15-11(18)2-3-12(15)19)7-16-13(20)4-5-14(16)21;1-2-4-15-5-3-14-12-8(6-10)9(7-11)13-14/h4-7H,2-3,8-11H2,1H3;2-5,10H,6-8H2,1H3;2-7H2,1H3. The van der Waals surface area contributed by atoms with Gasteiger partial charge >= 0.3 is 0 Å². The molecule has 23 heteroatoms. The van der Waals surface area contributed by atoms with Crippen LogP contribution in [-0.2, 0) is 79.4 Å². The van der Waals surface area contributed by atoms with Crippen molar-refractivity contribution in [2.75, 3.05) is 59.1 Å². The van der Waals surface area contributed by atoms with Crippen molar-refractivity contribution in [2.45, 2.75) is 63.3 Å². The number of amides is 9. The molecule has 0 unspecified atom stereocenters. The van der Waals surface area contributed by atoms with E-state index < -0.39 is 53.4 Å². The highest BCUT2D eigenvalue weighted by molar-refractivity contribution is 9.09. The largest absolute Gasteiger partial charge is 0.379 e. The second-order valence-corrected chi connectivity index (χ2v) is 15.0. The lowest BCUT2D eigenvalue weighted by molar-refractivity contribution is -0.143. The Kier molecular flexibility index (Phi) is 21.4. The van der Waals surface area contributed by atoms with Crippen molar-refractivity contribution >= 4 is 96.6 Å². The third-order valence-corrected chi connectivity index (χ3v) is 10.0. The van der Waals surface area contributed by atoms with E-state index >= 15 is 0 Å². The van der Waals surface area contributed by atoms with Crippen LogP contribution in [0.1, 0.15) is 51.4 Å². The SMILES string of the molecule is CC(=O)CCC(=O)N(CCN1C(=O)C=CC1=O)CCN1C(=O)C=CC1=O.CC(=O)COC(CN1C(=O)C=CC1=O)CN1C(=O)C=CC1=O.CCCOCCn1nc(CBr)c(CBr)n1. The molecule has 1 aromatic heterocycles. The summed E-state index contributed by atoms with van der Waals surface area (Å²) >= 11 is 6.78. The van der Waals surface area contributed by atoms with Crippen molar-refractivity contribution in [3.63, 3.8) is 0 Å². The average Bonchev–Trinajstić information content (AvgIpc) is 4.06. The third-order valence-electron chi connectivity index (χ3n) is 8.97. The molecule has 4 aliphatic rings. The zero-order valence-corrected chi connectivity index (χ0v) is 38.1. The molecule has 5 heterocycles. The Bertz CT molecular complexity index is 1880. The molecule has 21 nitrogen and oxygen atoms in total. The van der Waals surface area contributed by atoms with E-state index in [1.165, 1.54) is 18.7 Å². The fraction of sp³-hybridized carbons (Fsp3) is 0.475. The van der Waals surface area contributed by atoms with E-state index in [0.717, 1.165) is 103 Å². The number of rotatable bonds is 23. The van der Waals surface area contributed by atoms with Crippen LogP contribution in [0.5, 0.6) is 0 Å². The molecule has 0 fully saturated rings. The number of alkyl halides is 2. The topological polar surface area (TPSA) is 253 Å². The highest BCUT2D eigenvalue weighted by atomic mass is 79.9. The summed E-state index contributed by atoms with van der Waals surface area (Å²) < 4.78 is 10.7. The number of hydrogen-bond acceptors (Lipinski definition) is 15. The zero-order valence-electron chi connectivity index (χ0n) is 34.9. The molecule has 0 spiro atoms. The van der Waals surface area contributed by atoms with Crippen molar-refractivity contribution < 1.29 is 62.2 Å². The van der Waals surface area contributed by atoms with Gasteiger partial charge in [-0.05, 0) is 20.3 Å². The van der Waals surface area contributed by atoms with Crippen LogP contribution in [0, 0.1) is 0 Å². The van der Waals surface area contributed by atoms with Crippen LogP contribution in [0.3, 0.4) is 0 Å². The molecule has 0 N–H and O–H groups in total. The van der Waals surface area contributed by atoms with Gasteiger partial charge in [-0.3, -0.25) is 67.5 Å². The van der Waals surface area contributed by atoms with E-state index in [2.05, 4.69) is 49.0 Å². The lowest BCUT2D eigenvalue weighted by Gasteiger charge is -2.26. The van der Waals surface area contributed by atoms with Crippen LogP contribution in [0.25, 0.3) is 0 Å². The molecule has 0 aliphatic carbocycles. The minimum absolute atomic E-state index is 0.00335. The number of ketones is 2. The molecule has 0 radical (unpaired) electrons. The first kappa shape index (κ1) is 51.7. The predicted molar refractivity (Wildman–Crippen MR) is 227 cm³/mol. The maximum absolute atomic E-state index is 12.3. The van der Waals surface area contributed by atoms with E-state index in [4.69, 9.17) is 9.47 Å². The number of hydrogen-bond donors (Lipinski definition) is 0. The van der Waals surface area contributed by atoms with Gasteiger partial charge in [0.2, 0.25) is 5.91 Å². The molecular weight excluding hydrogens is 960 g/mol. The van der Waals surface area contributed by atoms with Gasteiger partial charge < -0.3 is 19.2 Å². The number of imide groups is 4. The first-order valence-corrected chi connectivity index (χ1v) is 21.9. The molecule has 340 valence electrons. The highest BCUT2D eigenvalue weighted by Gasteiger charge is 2.32. The Hall–Kier alpha value is -5.65. The summed E-state index contributed by atoms with van der Waals surface area (Å²) in [5, 5.41) is 10.2. The molecule has 0 saturated carbocycles. The van der Waals surface area contributed by atoms with Gasteiger partial charge in [0, 0.05) is 105 Å². The van der Waals surface area contributed by atoms with Crippen LogP contribution in [-0.4, -0.2) is 169 Å². The number of ether oxygens (including phenoxy) is 2. The van der Waals surface area contributed by atoms with Gasteiger partial charge in [0.05, 0.1) is 43.7 Å². The molecule has 0 atom stereocenters. The van der Waals surface area contributed by atoms with E-state index in [1.54, 1.807) is 4.80 Å². The Morgan fingerprint density at radius 1 is 0.587 bits per heavy atom. The third kappa shape index (κ3) is 16.5. The molecule has 4 aliphatic heterocycles. The number of halogens is 2. The van der Waals surface area contributed by atoms with Crippen LogP contribution < -0.4 is 0 Å². The lowest BCUT2D eigenvalue weighted by atomic mass is 10.2. The minimum atomic E-state index is -0.829. The lowest BCUT2D eigenvalue weighted by Crippen LogP contribution is -2.46. The van der Waals surface area contributed by atoms with E-state index in [0.29, 0.717) is 13.2 Å². The quantitative estimate of drug-likeness (QED) is 0.0814. The summed E-state index contributed by atoms with van der Waals surface area (Å²) in [5.74, 6) is -4.57. The normalized spacial score (nSPS) is 15.4. The van der Waals surface area contributed by atoms with Gasteiger partial charge in [0.15, 0.2) is 5.78 Å². The Morgan fingerprint density at radius 2 is 0.984 bits per heavy atom. The van der Waals surface area contributed by atoms with Gasteiger partial charge in [0.25, 0.3) is 47.3 Å². The smallest absolute Gasteiger partial charge is 0.253 e. The molecule has 63 heavy (non-hydrogen) atoms. The number of Topliss-reactive ketones (excluding diaryl/α,β-unsaturated/α-hetero) is 2. The van der Waals surface area contributed by atoms with E-state index in [9.17, 15) is 52.7 Å². The summed E-state index contributed by atoms with van der Waals surface area (Å²) in [6, 6.07) is 0. The predicted octanol–water partition coefficient (Wildman–Crippen LogP) is 0.339. The second-order valence-electron chi connectivity index (χ2n) is 13.9. The average molecular weight is 1010 g/mol. The van der Waals surface area contributed by atoms with Crippen molar-refractivity contribution in [1.29, 1.82) is 0 Å². The first-order chi connectivity index (χ1) is 30.0. The number of carbonyl (C=O) groups is 11. The number of aromatic nitrogens is 3. The van der Waals surface area contributed by atoms with Gasteiger partial charge in [-0.25, -0.2) is 0 Å². The van der Waals surface area contributed by atoms with E-state index in [-0.39, 0.29) is 76.2 Å². The summed E-state index contributed by atoms with van der Waals surface area (Å²) in [6.45, 7) is 6.56. The first-order valence-electron chi connectivity index (χ1n) is 19.6. The summed E-state index contributed by atoms with van der Waals surface area (Å²) in [7, 11) is 0. The van der Waals surface area contributed by atoms with Gasteiger partial charge in [-0.2, -0.15) is 15.0 Å². The summed E-state index contributed by atoms with van der Waals surface area (Å²) in [4.78, 5) is 134. The van der Waals surface area contributed by atoms with Gasteiger partial charge in [0.1, 0.15) is 12.4 Å². The highest BCUT2D eigenvalue weighted by Crippen LogP contribution is 2.13. The maximum atomic E-state index is 12.3. The monoisotopic (exact) mass is 1010 g/mol. The number of carbonyl (C=O) groups excluding carboxylic acids is 11. The second kappa shape index (κ2) is 26.1. The molecule has 5 rings (SSSR count). The Balaban J connectivity index is 0.000000261. The van der Waals surface area contributed by atoms with Crippen molar-refractivity contribution in [2.24, 2.45) is 0 Å². The van der Waals surface area contributed by atoms with Crippen LogP contribution in [0.15, 0.2) is 48.6 Å². The van der Waals surface area contributed by atoms with Crippen LogP contribution in [0.4, 0.5) is 0 Å². The number of nitrogens with zero attached hydrogens (tertiary/aromatic N) is 8. The fourth-order valence-electron chi connectivity index (χ4n) is 5.69.